The van der Waals surface area contributed by atoms with Gasteiger partial charge in [-0.3, -0.25) is 4.98 Å². The van der Waals surface area contributed by atoms with Gasteiger partial charge in [-0.15, -0.1) is 0 Å². The van der Waals surface area contributed by atoms with Crippen molar-refractivity contribution >= 4 is 11.5 Å². The maximum atomic E-state index is 12.6. The number of carbonyl (C=O) groups is 1. The molecule has 7 nitrogen and oxygen atoms in total. The lowest BCUT2D eigenvalue weighted by molar-refractivity contribution is -0.138. The van der Waals surface area contributed by atoms with Crippen molar-refractivity contribution in [2.24, 2.45) is 0 Å². The first-order chi connectivity index (χ1) is 13.1. The fraction of sp³-hybridized carbons (Fsp3) is 0.150. The predicted octanol–water partition coefficient (Wildman–Crippen LogP) is 2.89. The second-order valence-electron chi connectivity index (χ2n) is 5.62. The summed E-state index contributed by atoms with van der Waals surface area (Å²) in [7, 11) is 1.29. The van der Waals surface area contributed by atoms with Crippen molar-refractivity contribution in [3.05, 3.63) is 83.4 Å². The van der Waals surface area contributed by atoms with Crippen molar-refractivity contribution in [3.63, 3.8) is 0 Å². The number of esters is 1. The van der Waals surface area contributed by atoms with Crippen LogP contribution in [-0.4, -0.2) is 33.0 Å². The lowest BCUT2D eigenvalue weighted by Crippen LogP contribution is -2.16. The first kappa shape index (κ1) is 18.2. The van der Waals surface area contributed by atoms with E-state index in [-0.39, 0.29) is 11.8 Å². The molecule has 0 N–H and O–H groups in total. The third-order valence-electron chi connectivity index (χ3n) is 3.64. The fourth-order valence-corrected chi connectivity index (χ4v) is 2.55. The zero-order valence-electron chi connectivity index (χ0n) is 15.2. The number of carbonyl (C=O) groups excluding carboxylic acids is 1. The fourth-order valence-electron chi connectivity index (χ4n) is 2.55. The molecule has 0 spiro atoms. The van der Waals surface area contributed by atoms with Gasteiger partial charge in [0.05, 0.1) is 7.11 Å². The van der Waals surface area contributed by atoms with E-state index in [9.17, 15) is 4.79 Å². The third kappa shape index (κ3) is 4.33. The van der Waals surface area contributed by atoms with E-state index in [1.807, 2.05) is 36.4 Å². The Morgan fingerprint density at radius 1 is 0.889 bits per heavy atom. The Morgan fingerprint density at radius 2 is 1.56 bits per heavy atom. The molecule has 0 bridgehead atoms. The number of benzene rings is 1. The van der Waals surface area contributed by atoms with Gasteiger partial charge in [-0.2, -0.15) is 9.97 Å². The van der Waals surface area contributed by atoms with Gasteiger partial charge in [0.15, 0.2) is 0 Å². The van der Waals surface area contributed by atoms with Crippen LogP contribution in [0.4, 0.5) is 0 Å². The van der Waals surface area contributed by atoms with Crippen molar-refractivity contribution in [1.29, 1.82) is 0 Å². The summed E-state index contributed by atoms with van der Waals surface area (Å²) in [6, 6.07) is 13.0. The topological polar surface area (TPSA) is 87.1 Å². The molecule has 0 amide bonds. The number of rotatable bonds is 5. The van der Waals surface area contributed by atoms with E-state index in [4.69, 9.17) is 9.47 Å². The number of methoxy groups -OCH3 is 1. The summed E-state index contributed by atoms with van der Waals surface area (Å²) in [5.74, 6) is 0.309. The number of pyridine rings is 1. The molecule has 27 heavy (non-hydrogen) atoms. The van der Waals surface area contributed by atoms with Gasteiger partial charge in [0, 0.05) is 23.5 Å². The first-order valence-corrected chi connectivity index (χ1v) is 8.24. The molecule has 0 aliphatic carbocycles. The van der Waals surface area contributed by atoms with Crippen LogP contribution in [0.5, 0.6) is 6.01 Å². The summed E-state index contributed by atoms with van der Waals surface area (Å²) >= 11 is 0. The Kier molecular flexibility index (Phi) is 5.51. The molecule has 0 saturated carbocycles. The van der Waals surface area contributed by atoms with E-state index in [0.29, 0.717) is 22.8 Å². The standard InChI is InChI=1S/C20H18N4O3/c1-13-22-14(2)24-20(23-13)27-18(19(25)26-3)17(15-8-5-4-6-9-15)16-10-7-11-21-12-16/h4-12H,1-3H3/b18-17-. The van der Waals surface area contributed by atoms with E-state index in [0.717, 1.165) is 5.56 Å². The van der Waals surface area contributed by atoms with Gasteiger partial charge in [0.25, 0.3) is 0 Å². The van der Waals surface area contributed by atoms with Gasteiger partial charge in [-0.25, -0.2) is 9.78 Å². The van der Waals surface area contributed by atoms with Crippen LogP contribution in [0.15, 0.2) is 60.6 Å². The minimum Gasteiger partial charge on any atom is -0.463 e. The molecule has 0 aliphatic heterocycles. The predicted molar refractivity (Wildman–Crippen MR) is 98.6 cm³/mol. The number of hydrogen-bond donors (Lipinski definition) is 0. The van der Waals surface area contributed by atoms with E-state index in [1.54, 1.807) is 32.3 Å². The smallest absolute Gasteiger partial charge is 0.374 e. The van der Waals surface area contributed by atoms with E-state index in [1.165, 1.54) is 7.11 Å². The van der Waals surface area contributed by atoms with Crippen molar-refractivity contribution in [3.8, 4) is 6.01 Å². The minimum atomic E-state index is -0.645. The summed E-state index contributed by atoms with van der Waals surface area (Å²) in [5, 5.41) is 0. The van der Waals surface area contributed by atoms with Crippen molar-refractivity contribution in [2.75, 3.05) is 7.11 Å². The number of aryl methyl sites for hydroxylation is 2. The second kappa shape index (κ2) is 8.18. The Balaban J connectivity index is 2.22. The quantitative estimate of drug-likeness (QED) is 0.392. The van der Waals surface area contributed by atoms with Gasteiger partial charge in [0.1, 0.15) is 11.6 Å². The highest BCUT2D eigenvalue weighted by Gasteiger charge is 2.23. The molecule has 3 aromatic rings. The van der Waals surface area contributed by atoms with E-state index < -0.39 is 5.97 Å². The summed E-state index contributed by atoms with van der Waals surface area (Å²) in [6.07, 6.45) is 3.31. The Labute approximate surface area is 156 Å². The second-order valence-corrected chi connectivity index (χ2v) is 5.62. The van der Waals surface area contributed by atoms with Crippen LogP contribution in [0.1, 0.15) is 22.8 Å². The van der Waals surface area contributed by atoms with Crippen LogP contribution >= 0.6 is 0 Å². The summed E-state index contributed by atoms with van der Waals surface area (Å²) in [6.45, 7) is 3.45. The molecule has 0 radical (unpaired) electrons. The van der Waals surface area contributed by atoms with Crippen LogP contribution in [-0.2, 0) is 9.53 Å². The Hall–Kier alpha value is -3.61. The summed E-state index contributed by atoms with van der Waals surface area (Å²) < 4.78 is 10.8. The van der Waals surface area contributed by atoms with E-state index >= 15 is 0 Å². The highest BCUT2D eigenvalue weighted by Crippen LogP contribution is 2.28. The maximum absolute atomic E-state index is 12.6. The molecule has 0 saturated heterocycles. The van der Waals surface area contributed by atoms with Crippen molar-refractivity contribution < 1.29 is 14.3 Å². The molecule has 0 unspecified atom stereocenters. The molecule has 136 valence electrons. The third-order valence-corrected chi connectivity index (χ3v) is 3.64. The van der Waals surface area contributed by atoms with Crippen molar-refractivity contribution in [2.45, 2.75) is 13.8 Å². The van der Waals surface area contributed by atoms with E-state index in [2.05, 4.69) is 19.9 Å². The lowest BCUT2D eigenvalue weighted by atomic mass is 9.98. The number of nitrogens with zero attached hydrogens (tertiary/aromatic N) is 4. The molecule has 0 aliphatic rings. The highest BCUT2D eigenvalue weighted by atomic mass is 16.6. The molecule has 2 aromatic heterocycles. The van der Waals surface area contributed by atoms with Gasteiger partial charge in [-0.05, 0) is 25.5 Å². The van der Waals surface area contributed by atoms with Gasteiger partial charge < -0.3 is 9.47 Å². The van der Waals surface area contributed by atoms with Crippen LogP contribution in [0, 0.1) is 13.8 Å². The first-order valence-electron chi connectivity index (χ1n) is 8.24. The molecule has 1 aromatic carbocycles. The average Bonchev–Trinajstić information content (AvgIpc) is 2.68. The van der Waals surface area contributed by atoms with Crippen molar-refractivity contribution in [1.82, 2.24) is 19.9 Å². The average molecular weight is 362 g/mol. The number of ether oxygens (including phenoxy) is 2. The zero-order chi connectivity index (χ0) is 19.2. The normalized spacial score (nSPS) is 11.5. The van der Waals surface area contributed by atoms with Crippen LogP contribution in [0.25, 0.3) is 5.57 Å². The van der Waals surface area contributed by atoms with Crippen LogP contribution < -0.4 is 4.74 Å². The molecular weight excluding hydrogens is 344 g/mol. The number of hydrogen-bond acceptors (Lipinski definition) is 7. The summed E-state index contributed by atoms with van der Waals surface area (Å²) in [5.41, 5.74) is 2.01. The molecular formula is C20H18N4O3. The van der Waals surface area contributed by atoms with Gasteiger partial charge in [0.2, 0.25) is 5.76 Å². The monoisotopic (exact) mass is 362 g/mol. The molecule has 0 atom stereocenters. The molecule has 7 heteroatoms. The largest absolute Gasteiger partial charge is 0.463 e. The van der Waals surface area contributed by atoms with Crippen LogP contribution in [0.2, 0.25) is 0 Å². The lowest BCUT2D eigenvalue weighted by Gasteiger charge is -2.14. The minimum absolute atomic E-state index is 0.0257. The molecule has 3 rings (SSSR count). The molecule has 0 fully saturated rings. The maximum Gasteiger partial charge on any atom is 0.374 e. The Bertz CT molecular complexity index is 911. The Morgan fingerprint density at radius 3 is 2.15 bits per heavy atom. The number of aromatic nitrogens is 4. The van der Waals surface area contributed by atoms with Crippen LogP contribution in [0.3, 0.4) is 0 Å². The highest BCUT2D eigenvalue weighted by molar-refractivity contribution is 6.00. The SMILES string of the molecule is COC(=O)/C(Oc1nc(C)nc(C)n1)=C(\c1ccccc1)c1cccnc1. The van der Waals surface area contributed by atoms with Gasteiger partial charge in [-0.1, -0.05) is 36.4 Å². The summed E-state index contributed by atoms with van der Waals surface area (Å²) in [4.78, 5) is 29.2. The zero-order valence-corrected chi connectivity index (χ0v) is 15.2. The van der Waals surface area contributed by atoms with Gasteiger partial charge >= 0.3 is 12.0 Å². The molecule has 2 heterocycles.